The van der Waals surface area contributed by atoms with Crippen LogP contribution in [0.3, 0.4) is 0 Å². The molecule has 2 nitrogen and oxygen atoms in total. The second kappa shape index (κ2) is 5.13. The van der Waals surface area contributed by atoms with Crippen LogP contribution in [0.5, 0.6) is 0 Å². The fraction of sp³-hybridized carbons (Fsp3) is 0.500. The van der Waals surface area contributed by atoms with Crippen LogP contribution in [0.25, 0.3) is 0 Å². The van der Waals surface area contributed by atoms with Gasteiger partial charge in [0.15, 0.2) is 0 Å². The Morgan fingerprint density at radius 3 is 3.00 bits per heavy atom. The van der Waals surface area contributed by atoms with Gasteiger partial charge in [0.05, 0.1) is 0 Å². The van der Waals surface area contributed by atoms with Gasteiger partial charge in [-0.3, -0.25) is 4.90 Å². The fourth-order valence-corrected chi connectivity index (χ4v) is 2.35. The second-order valence-electron chi connectivity index (χ2n) is 4.37. The van der Waals surface area contributed by atoms with Gasteiger partial charge in [0.2, 0.25) is 0 Å². The van der Waals surface area contributed by atoms with Crippen LogP contribution in [-0.4, -0.2) is 24.0 Å². The number of hydrogen-bond acceptors (Lipinski definition) is 2. The minimum absolute atomic E-state index is 0.257. The van der Waals surface area contributed by atoms with Gasteiger partial charge in [-0.05, 0) is 37.1 Å². The van der Waals surface area contributed by atoms with Crippen molar-refractivity contribution in [2.24, 2.45) is 5.73 Å². The van der Waals surface area contributed by atoms with E-state index in [-0.39, 0.29) is 11.9 Å². The number of benzene rings is 1. The summed E-state index contributed by atoms with van der Waals surface area (Å²) in [6.45, 7) is 2.70. The Labute approximate surface area is 100 Å². The number of rotatable bonds is 2. The predicted octanol–water partition coefficient (Wildman–Crippen LogP) is 2.40. The zero-order chi connectivity index (χ0) is 11.5. The molecule has 16 heavy (non-hydrogen) atoms. The van der Waals surface area contributed by atoms with E-state index in [4.69, 9.17) is 17.3 Å². The lowest BCUT2D eigenvalue weighted by atomic mass is 10.1. The van der Waals surface area contributed by atoms with Crippen LogP contribution in [0.2, 0.25) is 5.02 Å². The molecule has 0 spiro atoms. The number of halogens is 2. The molecule has 0 aliphatic carbocycles. The summed E-state index contributed by atoms with van der Waals surface area (Å²) in [5.41, 5.74) is 6.88. The van der Waals surface area contributed by atoms with Crippen molar-refractivity contribution in [2.45, 2.75) is 25.4 Å². The average molecular weight is 243 g/mol. The minimum atomic E-state index is -0.288. The maximum atomic E-state index is 12.9. The van der Waals surface area contributed by atoms with Gasteiger partial charge in [-0.1, -0.05) is 17.7 Å². The van der Waals surface area contributed by atoms with Crippen molar-refractivity contribution in [1.29, 1.82) is 0 Å². The molecule has 0 aromatic heterocycles. The van der Waals surface area contributed by atoms with E-state index in [2.05, 4.69) is 4.90 Å². The van der Waals surface area contributed by atoms with Crippen molar-refractivity contribution in [3.63, 3.8) is 0 Å². The quantitative estimate of drug-likeness (QED) is 0.863. The first kappa shape index (κ1) is 11.8. The summed E-state index contributed by atoms with van der Waals surface area (Å²) < 4.78 is 12.9. The monoisotopic (exact) mass is 242 g/mol. The maximum absolute atomic E-state index is 12.9. The van der Waals surface area contributed by atoms with E-state index in [0.29, 0.717) is 5.02 Å². The number of hydrogen-bond donors (Lipinski definition) is 1. The first-order chi connectivity index (χ1) is 7.65. The summed E-state index contributed by atoms with van der Waals surface area (Å²) >= 11 is 5.99. The molecule has 4 heteroatoms. The third-order valence-electron chi connectivity index (χ3n) is 2.95. The summed E-state index contributed by atoms with van der Waals surface area (Å²) in [6.07, 6.45) is 2.22. The molecule has 1 atom stereocenters. The first-order valence-electron chi connectivity index (χ1n) is 5.57. The third-order valence-corrected chi connectivity index (χ3v) is 3.30. The number of likely N-dealkylation sites (tertiary alicyclic amines) is 1. The summed E-state index contributed by atoms with van der Waals surface area (Å²) in [5, 5.41) is 0.499. The molecule has 1 aromatic carbocycles. The Balaban J connectivity index is 2.02. The number of piperidine rings is 1. The number of nitrogens with zero attached hydrogens (tertiary/aromatic N) is 1. The highest BCUT2D eigenvalue weighted by Crippen LogP contribution is 2.20. The van der Waals surface area contributed by atoms with Gasteiger partial charge in [0.1, 0.15) is 5.82 Å². The molecule has 0 radical (unpaired) electrons. The van der Waals surface area contributed by atoms with E-state index in [9.17, 15) is 4.39 Å². The molecule has 0 saturated carbocycles. The summed E-state index contributed by atoms with van der Waals surface area (Å²) in [4.78, 5) is 2.27. The lowest BCUT2D eigenvalue weighted by Gasteiger charge is -2.30. The van der Waals surface area contributed by atoms with Crippen molar-refractivity contribution >= 4 is 11.6 Å². The maximum Gasteiger partial charge on any atom is 0.124 e. The molecule has 1 unspecified atom stereocenters. The van der Waals surface area contributed by atoms with Crippen LogP contribution in [0.1, 0.15) is 18.4 Å². The average Bonchev–Trinajstić information content (AvgIpc) is 2.22. The Hall–Kier alpha value is -0.640. The van der Waals surface area contributed by atoms with Gasteiger partial charge in [0.25, 0.3) is 0 Å². The molecular formula is C12H16ClFN2. The summed E-state index contributed by atoms with van der Waals surface area (Å²) in [7, 11) is 0. The van der Waals surface area contributed by atoms with Crippen molar-refractivity contribution in [3.8, 4) is 0 Å². The van der Waals surface area contributed by atoms with Crippen LogP contribution < -0.4 is 5.73 Å². The molecule has 2 N–H and O–H groups in total. The molecule has 88 valence electrons. The van der Waals surface area contributed by atoms with Gasteiger partial charge >= 0.3 is 0 Å². The lowest BCUT2D eigenvalue weighted by Crippen LogP contribution is -2.42. The molecule has 1 fully saturated rings. The second-order valence-corrected chi connectivity index (χ2v) is 4.78. The normalized spacial score (nSPS) is 22.3. The van der Waals surface area contributed by atoms with E-state index >= 15 is 0 Å². The zero-order valence-electron chi connectivity index (χ0n) is 9.13. The molecule has 0 bridgehead atoms. The molecule has 1 heterocycles. The van der Waals surface area contributed by atoms with Crippen LogP contribution in [-0.2, 0) is 6.54 Å². The van der Waals surface area contributed by atoms with Crippen molar-refractivity contribution in [1.82, 2.24) is 4.90 Å². The van der Waals surface area contributed by atoms with Gasteiger partial charge < -0.3 is 5.73 Å². The predicted molar refractivity (Wildman–Crippen MR) is 63.9 cm³/mol. The third kappa shape index (κ3) is 2.94. The summed E-state index contributed by atoms with van der Waals surface area (Å²) in [6, 6.07) is 4.82. The van der Waals surface area contributed by atoms with Crippen LogP contribution in [0, 0.1) is 5.82 Å². The standard InChI is InChI=1S/C12H16ClFN2/c13-12-6-10(14)4-3-9(12)7-16-5-1-2-11(15)8-16/h3-4,6,11H,1-2,5,7-8,15H2. The largest absolute Gasteiger partial charge is 0.327 e. The van der Waals surface area contributed by atoms with E-state index in [1.807, 2.05) is 0 Å². The Kier molecular flexibility index (Phi) is 3.79. The smallest absolute Gasteiger partial charge is 0.124 e. The zero-order valence-corrected chi connectivity index (χ0v) is 9.88. The van der Waals surface area contributed by atoms with Crippen LogP contribution >= 0.6 is 11.6 Å². The van der Waals surface area contributed by atoms with Crippen molar-refractivity contribution in [2.75, 3.05) is 13.1 Å². The number of nitrogens with two attached hydrogens (primary N) is 1. The Morgan fingerprint density at radius 2 is 2.31 bits per heavy atom. The molecular weight excluding hydrogens is 227 g/mol. The Morgan fingerprint density at radius 1 is 1.50 bits per heavy atom. The van der Waals surface area contributed by atoms with Crippen LogP contribution in [0.15, 0.2) is 18.2 Å². The summed E-state index contributed by atoms with van der Waals surface area (Å²) in [5.74, 6) is -0.288. The molecule has 1 aliphatic rings. The topological polar surface area (TPSA) is 29.3 Å². The fourth-order valence-electron chi connectivity index (χ4n) is 2.13. The highest BCUT2D eigenvalue weighted by atomic mass is 35.5. The van der Waals surface area contributed by atoms with Gasteiger partial charge in [-0.2, -0.15) is 0 Å². The van der Waals surface area contributed by atoms with E-state index in [0.717, 1.165) is 38.0 Å². The highest BCUT2D eigenvalue weighted by Gasteiger charge is 2.17. The molecule has 1 aliphatic heterocycles. The van der Waals surface area contributed by atoms with Crippen molar-refractivity contribution < 1.29 is 4.39 Å². The first-order valence-corrected chi connectivity index (χ1v) is 5.95. The van der Waals surface area contributed by atoms with E-state index < -0.39 is 0 Å². The van der Waals surface area contributed by atoms with Crippen LogP contribution in [0.4, 0.5) is 4.39 Å². The van der Waals surface area contributed by atoms with Gasteiger partial charge in [-0.15, -0.1) is 0 Å². The molecule has 1 saturated heterocycles. The highest BCUT2D eigenvalue weighted by molar-refractivity contribution is 6.31. The SMILES string of the molecule is NC1CCCN(Cc2ccc(F)cc2Cl)C1. The molecule has 1 aromatic rings. The van der Waals surface area contributed by atoms with Crippen molar-refractivity contribution in [3.05, 3.63) is 34.6 Å². The van der Waals surface area contributed by atoms with E-state index in [1.54, 1.807) is 6.07 Å². The van der Waals surface area contributed by atoms with E-state index in [1.165, 1.54) is 12.1 Å². The Bertz CT molecular complexity index is 370. The minimum Gasteiger partial charge on any atom is -0.327 e. The van der Waals surface area contributed by atoms with Gasteiger partial charge in [0, 0.05) is 24.2 Å². The molecule has 0 amide bonds. The lowest BCUT2D eigenvalue weighted by molar-refractivity contribution is 0.201. The molecule has 2 rings (SSSR count). The van der Waals surface area contributed by atoms with Gasteiger partial charge in [-0.25, -0.2) is 4.39 Å².